The lowest BCUT2D eigenvalue weighted by Crippen LogP contribution is -2.49. The quantitative estimate of drug-likeness (QED) is 0.358. The SMILES string of the molecule is C=C(C[C@@H](NC)[C@H](C)C(C)NC(=O)NCc1cccc(N)c1)S(=O)(=O)NC(C)(C)C. The van der Waals surface area contributed by atoms with Crippen LogP contribution in [0.25, 0.3) is 0 Å². The molecule has 0 spiro atoms. The van der Waals surface area contributed by atoms with Crippen LogP contribution in [-0.4, -0.2) is 39.1 Å². The summed E-state index contributed by atoms with van der Waals surface area (Å²) in [5.74, 6) is -0.0466. The predicted molar refractivity (Wildman–Crippen MR) is 123 cm³/mol. The lowest BCUT2D eigenvalue weighted by atomic mass is 9.92. The Morgan fingerprint density at radius 3 is 2.40 bits per heavy atom. The summed E-state index contributed by atoms with van der Waals surface area (Å²) < 4.78 is 27.6. The molecule has 1 aromatic carbocycles. The molecule has 0 saturated heterocycles. The number of nitrogens with one attached hydrogen (secondary N) is 4. The Bertz CT molecular complexity index is 833. The Kier molecular flexibility index (Phi) is 9.33. The number of sulfonamides is 1. The standard InChI is InChI=1S/C21H37N5O3S/c1-14(30(28,29)26-21(4,5)6)11-19(23-7)15(2)16(3)25-20(27)24-13-17-9-8-10-18(22)12-17/h8-10,12,15-16,19,23,26H,1,11,13,22H2,2-7H3,(H2,24,25,27)/t15-,16?,19-/m1/s1. The Morgan fingerprint density at radius 1 is 1.23 bits per heavy atom. The van der Waals surface area contributed by atoms with E-state index in [1.54, 1.807) is 40.0 Å². The third-order valence-corrected chi connectivity index (χ3v) is 6.63. The number of benzene rings is 1. The Labute approximate surface area is 181 Å². The zero-order valence-corrected chi connectivity index (χ0v) is 19.7. The van der Waals surface area contributed by atoms with E-state index in [9.17, 15) is 13.2 Å². The van der Waals surface area contributed by atoms with Crippen LogP contribution in [0.2, 0.25) is 0 Å². The second-order valence-corrected chi connectivity index (χ2v) is 10.5. The van der Waals surface area contributed by atoms with Crippen LogP contribution in [0.5, 0.6) is 0 Å². The summed E-state index contributed by atoms with van der Waals surface area (Å²) in [6.45, 7) is 13.3. The second-order valence-electron chi connectivity index (χ2n) is 8.71. The molecule has 0 bridgehead atoms. The first kappa shape index (κ1) is 25.9. The zero-order chi connectivity index (χ0) is 23.1. The lowest BCUT2D eigenvalue weighted by molar-refractivity contribution is 0.228. The van der Waals surface area contributed by atoms with Gasteiger partial charge in [-0.3, -0.25) is 0 Å². The number of anilines is 1. The summed E-state index contributed by atoms with van der Waals surface area (Å²) in [6, 6.07) is 6.64. The summed E-state index contributed by atoms with van der Waals surface area (Å²) in [5, 5.41) is 8.87. The van der Waals surface area contributed by atoms with Gasteiger partial charge in [-0.15, -0.1) is 0 Å². The monoisotopic (exact) mass is 439 g/mol. The van der Waals surface area contributed by atoms with Crippen molar-refractivity contribution in [3.05, 3.63) is 41.3 Å². The summed E-state index contributed by atoms with van der Waals surface area (Å²) >= 11 is 0. The first-order chi connectivity index (χ1) is 13.7. The van der Waals surface area contributed by atoms with Gasteiger partial charge in [-0.2, -0.15) is 0 Å². The van der Waals surface area contributed by atoms with E-state index in [1.165, 1.54) is 0 Å². The van der Waals surface area contributed by atoms with Gasteiger partial charge in [0.1, 0.15) is 0 Å². The smallest absolute Gasteiger partial charge is 0.315 e. The molecule has 30 heavy (non-hydrogen) atoms. The van der Waals surface area contributed by atoms with Gasteiger partial charge in [0.15, 0.2) is 0 Å². The lowest BCUT2D eigenvalue weighted by Gasteiger charge is -2.30. The number of amides is 2. The molecule has 170 valence electrons. The Balaban J connectivity index is 2.64. The van der Waals surface area contributed by atoms with Crippen LogP contribution < -0.4 is 26.4 Å². The molecule has 0 aliphatic rings. The number of rotatable bonds is 10. The molecule has 0 fully saturated rings. The largest absolute Gasteiger partial charge is 0.399 e. The van der Waals surface area contributed by atoms with Crippen molar-refractivity contribution in [1.82, 2.24) is 20.7 Å². The number of carbonyl (C=O) groups is 1. The van der Waals surface area contributed by atoms with E-state index >= 15 is 0 Å². The molecule has 9 heteroatoms. The average molecular weight is 440 g/mol. The fourth-order valence-electron chi connectivity index (χ4n) is 3.00. The van der Waals surface area contributed by atoms with Crippen molar-refractivity contribution in [2.45, 2.75) is 65.2 Å². The molecule has 0 aromatic heterocycles. The highest BCUT2D eigenvalue weighted by atomic mass is 32.2. The summed E-state index contributed by atoms with van der Waals surface area (Å²) in [4.78, 5) is 12.4. The normalized spacial score (nSPS) is 15.1. The molecule has 0 heterocycles. The highest BCUT2D eigenvalue weighted by Gasteiger charge is 2.28. The van der Waals surface area contributed by atoms with Crippen LogP contribution >= 0.6 is 0 Å². The van der Waals surface area contributed by atoms with Crippen molar-refractivity contribution >= 4 is 21.7 Å². The molecule has 8 nitrogen and oxygen atoms in total. The number of hydrogen-bond donors (Lipinski definition) is 5. The number of nitrogens with two attached hydrogens (primary N) is 1. The third-order valence-electron chi connectivity index (χ3n) is 4.83. The van der Waals surface area contributed by atoms with E-state index < -0.39 is 15.6 Å². The van der Waals surface area contributed by atoms with Crippen LogP contribution in [0, 0.1) is 5.92 Å². The molecule has 0 aliphatic carbocycles. The van der Waals surface area contributed by atoms with E-state index in [4.69, 9.17) is 5.73 Å². The van der Waals surface area contributed by atoms with Crippen LogP contribution in [0.15, 0.2) is 35.7 Å². The van der Waals surface area contributed by atoms with E-state index in [1.807, 2.05) is 26.0 Å². The number of carbonyl (C=O) groups excluding carboxylic acids is 1. The van der Waals surface area contributed by atoms with E-state index in [0.29, 0.717) is 12.2 Å². The van der Waals surface area contributed by atoms with Gasteiger partial charge in [0, 0.05) is 29.9 Å². The molecular weight excluding hydrogens is 402 g/mol. The molecule has 1 unspecified atom stereocenters. The molecule has 2 amide bonds. The maximum atomic E-state index is 12.5. The predicted octanol–water partition coefficient (Wildman–Crippen LogP) is 2.30. The van der Waals surface area contributed by atoms with Crippen molar-refractivity contribution in [3.8, 4) is 0 Å². The van der Waals surface area contributed by atoms with E-state index in [-0.39, 0.29) is 35.4 Å². The maximum Gasteiger partial charge on any atom is 0.315 e. The molecular formula is C21H37N5O3S. The van der Waals surface area contributed by atoms with Gasteiger partial charge in [0.05, 0.1) is 4.91 Å². The number of hydrogen-bond acceptors (Lipinski definition) is 5. The van der Waals surface area contributed by atoms with Gasteiger partial charge < -0.3 is 21.7 Å². The van der Waals surface area contributed by atoms with Crippen LogP contribution in [0.1, 0.15) is 46.6 Å². The van der Waals surface area contributed by atoms with Crippen LogP contribution in [-0.2, 0) is 16.6 Å². The molecule has 6 N–H and O–H groups in total. The van der Waals surface area contributed by atoms with Gasteiger partial charge in [0.2, 0.25) is 10.0 Å². The first-order valence-corrected chi connectivity index (χ1v) is 11.5. The highest BCUT2D eigenvalue weighted by molar-refractivity contribution is 7.93. The fraction of sp³-hybridized carbons (Fsp3) is 0.571. The average Bonchev–Trinajstić information content (AvgIpc) is 2.61. The zero-order valence-electron chi connectivity index (χ0n) is 18.9. The van der Waals surface area contributed by atoms with Crippen molar-refractivity contribution in [1.29, 1.82) is 0 Å². The van der Waals surface area contributed by atoms with Gasteiger partial charge in [-0.1, -0.05) is 25.6 Å². The highest BCUT2D eigenvalue weighted by Crippen LogP contribution is 2.20. The van der Waals surface area contributed by atoms with E-state index in [2.05, 4.69) is 27.3 Å². The number of urea groups is 1. The minimum Gasteiger partial charge on any atom is -0.399 e. The van der Waals surface area contributed by atoms with Gasteiger partial charge in [-0.05, 0) is 64.8 Å². The van der Waals surface area contributed by atoms with Crippen molar-refractivity contribution in [3.63, 3.8) is 0 Å². The van der Waals surface area contributed by atoms with Crippen LogP contribution in [0.4, 0.5) is 10.5 Å². The fourth-order valence-corrected chi connectivity index (χ4v) is 4.35. The molecule has 1 aromatic rings. The summed E-state index contributed by atoms with van der Waals surface area (Å²) in [6.07, 6.45) is 0.236. The topological polar surface area (TPSA) is 125 Å². The Morgan fingerprint density at radius 2 is 1.87 bits per heavy atom. The maximum absolute atomic E-state index is 12.5. The second kappa shape index (κ2) is 10.8. The molecule has 0 saturated carbocycles. The third kappa shape index (κ3) is 8.73. The summed E-state index contributed by atoms with van der Waals surface area (Å²) in [7, 11) is -1.87. The van der Waals surface area contributed by atoms with Crippen molar-refractivity contribution in [2.24, 2.45) is 5.92 Å². The molecule has 1 rings (SSSR count). The van der Waals surface area contributed by atoms with Gasteiger partial charge >= 0.3 is 6.03 Å². The first-order valence-electron chi connectivity index (χ1n) is 10.0. The number of nitrogen functional groups attached to an aromatic ring is 1. The van der Waals surface area contributed by atoms with Gasteiger partial charge in [-0.25, -0.2) is 17.9 Å². The molecule has 3 atom stereocenters. The minimum atomic E-state index is -3.64. The van der Waals surface area contributed by atoms with Crippen molar-refractivity contribution < 1.29 is 13.2 Å². The molecule has 0 aliphatic heterocycles. The Hall–Kier alpha value is -2.10. The summed E-state index contributed by atoms with van der Waals surface area (Å²) in [5.41, 5.74) is 6.72. The van der Waals surface area contributed by atoms with Crippen molar-refractivity contribution in [2.75, 3.05) is 12.8 Å². The molecule has 0 radical (unpaired) electrons. The van der Waals surface area contributed by atoms with Gasteiger partial charge in [0.25, 0.3) is 0 Å². The minimum absolute atomic E-state index is 0.0466. The van der Waals surface area contributed by atoms with E-state index in [0.717, 1.165) is 5.56 Å². The van der Waals surface area contributed by atoms with Crippen LogP contribution in [0.3, 0.4) is 0 Å².